The van der Waals surface area contributed by atoms with E-state index < -0.39 is 0 Å². The standard InChI is InChI=1S/C15H25N3O.2ClH/c1-12(10-16-2)15(19)17-11-14(18(3)4)13-8-6-5-7-9-13;;/h5-9,12,14,16H,10-11H2,1-4H3,(H,17,19);2*1H. The van der Waals surface area contributed by atoms with E-state index in [-0.39, 0.29) is 42.7 Å². The molecular weight excluding hydrogens is 309 g/mol. The summed E-state index contributed by atoms with van der Waals surface area (Å²) in [6, 6.07) is 10.4. The fraction of sp³-hybridized carbons (Fsp3) is 0.533. The van der Waals surface area contributed by atoms with Crippen LogP contribution in [0, 0.1) is 5.92 Å². The van der Waals surface area contributed by atoms with Crippen LogP contribution in [0.15, 0.2) is 30.3 Å². The van der Waals surface area contributed by atoms with E-state index in [9.17, 15) is 4.79 Å². The van der Waals surface area contributed by atoms with Crippen LogP contribution in [0.2, 0.25) is 0 Å². The third-order valence-electron chi connectivity index (χ3n) is 3.24. The molecule has 6 heteroatoms. The fourth-order valence-corrected chi connectivity index (χ4v) is 2.04. The van der Waals surface area contributed by atoms with Crippen molar-refractivity contribution >= 4 is 30.7 Å². The lowest BCUT2D eigenvalue weighted by atomic mass is 10.1. The molecule has 0 spiro atoms. The number of likely N-dealkylation sites (N-methyl/N-ethyl adjacent to an activating group) is 1. The van der Waals surface area contributed by atoms with Gasteiger partial charge < -0.3 is 15.5 Å². The molecule has 122 valence electrons. The first-order chi connectivity index (χ1) is 9.06. The van der Waals surface area contributed by atoms with Gasteiger partial charge in [0.05, 0.1) is 6.04 Å². The van der Waals surface area contributed by atoms with Gasteiger partial charge in [0, 0.05) is 19.0 Å². The fourth-order valence-electron chi connectivity index (χ4n) is 2.04. The van der Waals surface area contributed by atoms with Crippen molar-refractivity contribution in [2.75, 3.05) is 34.2 Å². The molecule has 1 aromatic carbocycles. The largest absolute Gasteiger partial charge is 0.354 e. The van der Waals surface area contributed by atoms with E-state index in [1.54, 1.807) is 0 Å². The highest BCUT2D eigenvalue weighted by atomic mass is 35.5. The lowest BCUT2D eigenvalue weighted by Gasteiger charge is -2.25. The molecule has 0 aliphatic heterocycles. The minimum atomic E-state index is -0.0106. The number of nitrogens with zero attached hydrogens (tertiary/aromatic N) is 1. The summed E-state index contributed by atoms with van der Waals surface area (Å²) in [7, 11) is 5.91. The number of hydrogen-bond donors (Lipinski definition) is 2. The van der Waals surface area contributed by atoms with Gasteiger partial charge in [0.1, 0.15) is 0 Å². The molecule has 1 aromatic rings. The van der Waals surface area contributed by atoms with Crippen LogP contribution in [0.3, 0.4) is 0 Å². The van der Waals surface area contributed by atoms with Gasteiger partial charge in [0.25, 0.3) is 0 Å². The Kier molecular flexibility index (Phi) is 12.6. The van der Waals surface area contributed by atoms with Gasteiger partial charge in [-0.3, -0.25) is 4.79 Å². The molecule has 0 aromatic heterocycles. The van der Waals surface area contributed by atoms with Crippen LogP contribution in [0.5, 0.6) is 0 Å². The monoisotopic (exact) mass is 335 g/mol. The molecule has 0 saturated heterocycles. The highest BCUT2D eigenvalue weighted by molar-refractivity contribution is 5.85. The normalized spacial score (nSPS) is 12.8. The van der Waals surface area contributed by atoms with E-state index >= 15 is 0 Å². The van der Waals surface area contributed by atoms with Gasteiger partial charge in [-0.25, -0.2) is 0 Å². The summed E-state index contributed by atoms with van der Waals surface area (Å²) in [5.74, 6) is 0.0840. The van der Waals surface area contributed by atoms with Crippen LogP contribution in [-0.2, 0) is 4.79 Å². The predicted octanol–water partition coefficient (Wildman–Crippen LogP) is 2.10. The number of rotatable bonds is 7. The zero-order chi connectivity index (χ0) is 14.3. The topological polar surface area (TPSA) is 44.4 Å². The molecule has 0 fully saturated rings. The molecule has 1 rings (SSSR count). The first kappa shape index (κ1) is 22.5. The Hall–Kier alpha value is -0.810. The van der Waals surface area contributed by atoms with Gasteiger partial charge in [-0.1, -0.05) is 37.3 Å². The number of nitrogens with one attached hydrogen (secondary N) is 2. The Morgan fingerprint density at radius 3 is 2.19 bits per heavy atom. The van der Waals surface area contributed by atoms with Gasteiger partial charge in [-0.2, -0.15) is 0 Å². The quantitative estimate of drug-likeness (QED) is 0.802. The van der Waals surface area contributed by atoms with Crippen molar-refractivity contribution in [2.45, 2.75) is 13.0 Å². The van der Waals surface area contributed by atoms with Crippen LogP contribution in [0.1, 0.15) is 18.5 Å². The summed E-state index contributed by atoms with van der Waals surface area (Å²) in [6.45, 7) is 3.26. The molecule has 0 aliphatic rings. The smallest absolute Gasteiger partial charge is 0.224 e. The van der Waals surface area contributed by atoms with Gasteiger partial charge in [-0.15, -0.1) is 24.8 Å². The molecule has 21 heavy (non-hydrogen) atoms. The molecule has 0 heterocycles. The van der Waals surface area contributed by atoms with Crippen LogP contribution in [0.25, 0.3) is 0 Å². The molecule has 2 atom stereocenters. The first-order valence-corrected chi connectivity index (χ1v) is 6.70. The van der Waals surface area contributed by atoms with Crippen molar-refractivity contribution in [1.82, 2.24) is 15.5 Å². The second-order valence-corrected chi connectivity index (χ2v) is 5.09. The van der Waals surface area contributed by atoms with E-state index in [0.29, 0.717) is 13.1 Å². The molecule has 0 radical (unpaired) electrons. The Bertz CT molecular complexity index is 388. The number of carbonyl (C=O) groups is 1. The Morgan fingerprint density at radius 1 is 1.14 bits per heavy atom. The minimum Gasteiger partial charge on any atom is -0.354 e. The number of amides is 1. The number of halogens is 2. The Morgan fingerprint density at radius 2 is 1.71 bits per heavy atom. The van der Waals surface area contributed by atoms with E-state index in [4.69, 9.17) is 0 Å². The Labute approximate surface area is 140 Å². The zero-order valence-electron chi connectivity index (χ0n) is 13.1. The molecule has 2 unspecified atom stereocenters. The first-order valence-electron chi connectivity index (χ1n) is 6.70. The van der Waals surface area contributed by atoms with Gasteiger partial charge in [0.15, 0.2) is 0 Å². The lowest BCUT2D eigenvalue weighted by Crippen LogP contribution is -2.39. The lowest BCUT2D eigenvalue weighted by molar-refractivity contribution is -0.124. The maximum Gasteiger partial charge on any atom is 0.224 e. The van der Waals surface area contributed by atoms with Crippen LogP contribution >= 0.6 is 24.8 Å². The average Bonchev–Trinajstić information content (AvgIpc) is 2.39. The molecule has 0 aliphatic carbocycles. The van der Waals surface area contributed by atoms with Crippen molar-refractivity contribution < 1.29 is 4.79 Å². The van der Waals surface area contributed by atoms with Crippen LogP contribution in [-0.4, -0.2) is 45.0 Å². The number of benzene rings is 1. The molecular formula is C15H27Cl2N3O. The molecule has 2 N–H and O–H groups in total. The number of carbonyl (C=O) groups excluding carboxylic acids is 1. The van der Waals surface area contributed by atoms with E-state index in [0.717, 1.165) is 0 Å². The zero-order valence-corrected chi connectivity index (χ0v) is 14.8. The summed E-state index contributed by atoms with van der Waals surface area (Å²) < 4.78 is 0. The summed E-state index contributed by atoms with van der Waals surface area (Å²) >= 11 is 0. The summed E-state index contributed by atoms with van der Waals surface area (Å²) in [5, 5.41) is 6.05. The average molecular weight is 336 g/mol. The van der Waals surface area contributed by atoms with E-state index in [2.05, 4.69) is 27.7 Å². The minimum absolute atomic E-state index is 0. The van der Waals surface area contributed by atoms with Gasteiger partial charge >= 0.3 is 0 Å². The van der Waals surface area contributed by atoms with Crippen molar-refractivity contribution in [1.29, 1.82) is 0 Å². The third kappa shape index (κ3) is 7.67. The maximum atomic E-state index is 11.9. The highest BCUT2D eigenvalue weighted by Gasteiger charge is 2.17. The van der Waals surface area contributed by atoms with Crippen LogP contribution in [0.4, 0.5) is 0 Å². The summed E-state index contributed by atoms with van der Waals surface area (Å²) in [6.07, 6.45) is 0. The maximum absolute atomic E-state index is 11.9. The van der Waals surface area contributed by atoms with Crippen molar-refractivity contribution in [3.05, 3.63) is 35.9 Å². The molecule has 0 bridgehead atoms. The van der Waals surface area contributed by atoms with Gasteiger partial charge in [0.2, 0.25) is 5.91 Å². The predicted molar refractivity (Wildman–Crippen MR) is 93.5 cm³/mol. The second kappa shape index (κ2) is 11.8. The van der Waals surface area contributed by atoms with E-state index in [1.807, 2.05) is 46.3 Å². The molecule has 0 saturated carbocycles. The van der Waals surface area contributed by atoms with Crippen molar-refractivity contribution in [2.24, 2.45) is 5.92 Å². The third-order valence-corrected chi connectivity index (χ3v) is 3.24. The van der Waals surface area contributed by atoms with E-state index in [1.165, 1.54) is 5.56 Å². The van der Waals surface area contributed by atoms with Gasteiger partial charge in [-0.05, 0) is 26.7 Å². The highest BCUT2D eigenvalue weighted by Crippen LogP contribution is 2.16. The van der Waals surface area contributed by atoms with Crippen molar-refractivity contribution in [3.8, 4) is 0 Å². The molecule has 4 nitrogen and oxygen atoms in total. The second-order valence-electron chi connectivity index (χ2n) is 5.09. The summed E-state index contributed by atoms with van der Waals surface area (Å²) in [4.78, 5) is 14.0. The SMILES string of the molecule is CNCC(C)C(=O)NCC(c1ccccc1)N(C)C.Cl.Cl. The van der Waals surface area contributed by atoms with Crippen LogP contribution < -0.4 is 10.6 Å². The number of hydrogen-bond acceptors (Lipinski definition) is 3. The van der Waals surface area contributed by atoms with Crippen molar-refractivity contribution in [3.63, 3.8) is 0 Å². The molecule has 1 amide bonds. The Balaban J connectivity index is 0. The summed E-state index contributed by atoms with van der Waals surface area (Å²) in [5.41, 5.74) is 1.22.